The van der Waals surface area contributed by atoms with E-state index >= 15 is 0 Å². The zero-order chi connectivity index (χ0) is 11.8. The third-order valence-electron chi connectivity index (χ3n) is 1.87. The van der Waals surface area contributed by atoms with Gasteiger partial charge in [-0.1, -0.05) is 12.1 Å². The highest BCUT2D eigenvalue weighted by Gasteiger charge is 2.01. The second-order valence-corrected chi connectivity index (χ2v) is 3.08. The Kier molecular flexibility index (Phi) is 4.83. The van der Waals surface area contributed by atoms with Crippen molar-refractivity contribution in [1.82, 2.24) is 5.32 Å². The Bertz CT molecular complexity index is 398. The molecule has 5 heteroatoms. The van der Waals surface area contributed by atoms with Crippen LogP contribution in [0.1, 0.15) is 5.56 Å². The van der Waals surface area contributed by atoms with Gasteiger partial charge in [-0.15, -0.1) is 0 Å². The summed E-state index contributed by atoms with van der Waals surface area (Å²) in [4.78, 5) is 11.1. The monoisotopic (exact) mass is 219 g/mol. The van der Waals surface area contributed by atoms with Crippen LogP contribution in [0.5, 0.6) is 5.75 Å². The first kappa shape index (κ1) is 12.0. The van der Waals surface area contributed by atoms with E-state index in [4.69, 9.17) is 15.7 Å². The van der Waals surface area contributed by atoms with Gasteiger partial charge in [0, 0.05) is 6.54 Å². The molecule has 0 saturated heterocycles. The molecule has 1 aromatic rings. The van der Waals surface area contributed by atoms with Gasteiger partial charge in [-0.2, -0.15) is 5.26 Å². The molecular weight excluding hydrogens is 206 g/mol. The molecule has 0 bridgehead atoms. The van der Waals surface area contributed by atoms with Gasteiger partial charge in [-0.25, -0.2) is 0 Å². The normalized spacial score (nSPS) is 9.25. The number of carbonyl (C=O) groups excluding carboxylic acids is 1. The SMILES string of the molecule is N#CCNC(=O)COc1cccc(CN)c1. The fourth-order valence-electron chi connectivity index (χ4n) is 1.10. The van der Waals surface area contributed by atoms with Crippen LogP contribution in [-0.4, -0.2) is 19.1 Å². The first-order valence-corrected chi connectivity index (χ1v) is 4.81. The Labute approximate surface area is 93.8 Å². The lowest BCUT2D eigenvalue weighted by Gasteiger charge is -2.06. The number of nitriles is 1. The van der Waals surface area contributed by atoms with Crippen LogP contribution in [0.3, 0.4) is 0 Å². The largest absolute Gasteiger partial charge is 0.484 e. The van der Waals surface area contributed by atoms with E-state index in [1.165, 1.54) is 0 Å². The highest BCUT2D eigenvalue weighted by Crippen LogP contribution is 2.12. The molecule has 0 atom stereocenters. The Morgan fingerprint density at radius 1 is 1.56 bits per heavy atom. The second-order valence-electron chi connectivity index (χ2n) is 3.08. The average molecular weight is 219 g/mol. The van der Waals surface area contributed by atoms with E-state index in [1.54, 1.807) is 12.1 Å². The Hall–Kier alpha value is -2.06. The van der Waals surface area contributed by atoms with Crippen molar-refractivity contribution in [2.75, 3.05) is 13.2 Å². The number of nitrogens with one attached hydrogen (secondary N) is 1. The molecule has 1 rings (SSSR count). The number of benzene rings is 1. The van der Waals surface area contributed by atoms with Gasteiger partial charge in [0.2, 0.25) is 0 Å². The van der Waals surface area contributed by atoms with E-state index in [2.05, 4.69) is 5.32 Å². The molecule has 1 amide bonds. The maximum absolute atomic E-state index is 11.1. The Morgan fingerprint density at radius 3 is 3.06 bits per heavy atom. The maximum atomic E-state index is 11.1. The first-order valence-electron chi connectivity index (χ1n) is 4.81. The minimum Gasteiger partial charge on any atom is -0.484 e. The number of rotatable bonds is 5. The lowest BCUT2D eigenvalue weighted by atomic mass is 10.2. The van der Waals surface area contributed by atoms with Crippen LogP contribution in [0.15, 0.2) is 24.3 Å². The van der Waals surface area contributed by atoms with Gasteiger partial charge in [0.15, 0.2) is 6.61 Å². The third-order valence-corrected chi connectivity index (χ3v) is 1.87. The summed E-state index contributed by atoms with van der Waals surface area (Å²) in [6.07, 6.45) is 0. The molecule has 5 nitrogen and oxygen atoms in total. The van der Waals surface area contributed by atoms with Gasteiger partial charge < -0.3 is 15.8 Å². The number of nitrogens with two attached hydrogens (primary N) is 1. The molecule has 16 heavy (non-hydrogen) atoms. The number of nitrogens with zero attached hydrogens (tertiary/aromatic N) is 1. The summed E-state index contributed by atoms with van der Waals surface area (Å²) in [5.74, 6) is 0.273. The summed E-state index contributed by atoms with van der Waals surface area (Å²) < 4.78 is 5.23. The Morgan fingerprint density at radius 2 is 2.38 bits per heavy atom. The van der Waals surface area contributed by atoms with Crippen molar-refractivity contribution >= 4 is 5.91 Å². The zero-order valence-corrected chi connectivity index (χ0v) is 8.77. The van der Waals surface area contributed by atoms with Crippen LogP contribution in [-0.2, 0) is 11.3 Å². The zero-order valence-electron chi connectivity index (χ0n) is 8.77. The van der Waals surface area contributed by atoms with Crippen LogP contribution in [0, 0.1) is 11.3 Å². The molecule has 0 saturated carbocycles. The molecule has 0 aromatic heterocycles. The van der Waals surface area contributed by atoms with Crippen molar-refractivity contribution in [3.8, 4) is 11.8 Å². The van der Waals surface area contributed by atoms with Gasteiger partial charge >= 0.3 is 0 Å². The molecule has 0 aliphatic rings. The van der Waals surface area contributed by atoms with Crippen molar-refractivity contribution in [1.29, 1.82) is 5.26 Å². The van der Waals surface area contributed by atoms with Crippen LogP contribution in [0.2, 0.25) is 0 Å². The summed E-state index contributed by atoms with van der Waals surface area (Å²) in [7, 11) is 0. The summed E-state index contributed by atoms with van der Waals surface area (Å²) in [6.45, 7) is 0.318. The van der Waals surface area contributed by atoms with E-state index < -0.39 is 0 Å². The van der Waals surface area contributed by atoms with Crippen LogP contribution in [0.25, 0.3) is 0 Å². The van der Waals surface area contributed by atoms with Crippen molar-refractivity contribution in [3.05, 3.63) is 29.8 Å². The second kappa shape index (κ2) is 6.43. The van der Waals surface area contributed by atoms with E-state index in [9.17, 15) is 4.79 Å². The molecule has 0 spiro atoms. The van der Waals surface area contributed by atoms with Crippen LogP contribution < -0.4 is 15.8 Å². The molecule has 0 unspecified atom stereocenters. The summed E-state index contributed by atoms with van der Waals surface area (Å²) >= 11 is 0. The maximum Gasteiger partial charge on any atom is 0.258 e. The molecule has 3 N–H and O–H groups in total. The molecule has 0 fully saturated rings. The van der Waals surface area contributed by atoms with Gasteiger partial charge in [0.1, 0.15) is 12.3 Å². The predicted molar refractivity (Wildman–Crippen MR) is 58.5 cm³/mol. The molecule has 0 heterocycles. The van der Waals surface area contributed by atoms with Gasteiger partial charge in [0.25, 0.3) is 5.91 Å². The predicted octanol–water partition coefficient (Wildman–Crippen LogP) is 0.164. The quantitative estimate of drug-likeness (QED) is 0.691. The topological polar surface area (TPSA) is 88.1 Å². The van der Waals surface area contributed by atoms with Gasteiger partial charge in [-0.05, 0) is 17.7 Å². The number of hydrogen-bond donors (Lipinski definition) is 2. The molecule has 0 radical (unpaired) electrons. The van der Waals surface area contributed by atoms with Crippen LogP contribution >= 0.6 is 0 Å². The van der Waals surface area contributed by atoms with E-state index in [0.717, 1.165) is 5.56 Å². The van der Waals surface area contributed by atoms with Gasteiger partial charge in [-0.3, -0.25) is 4.79 Å². The number of amides is 1. The molecule has 0 aliphatic carbocycles. The van der Waals surface area contributed by atoms with Crippen LogP contribution in [0.4, 0.5) is 0 Å². The number of hydrogen-bond acceptors (Lipinski definition) is 4. The fourth-order valence-corrected chi connectivity index (χ4v) is 1.10. The minimum atomic E-state index is -0.320. The van der Waals surface area contributed by atoms with E-state index in [0.29, 0.717) is 12.3 Å². The highest BCUT2D eigenvalue weighted by molar-refractivity contribution is 5.77. The van der Waals surface area contributed by atoms with Crippen molar-refractivity contribution in [2.45, 2.75) is 6.54 Å². The lowest BCUT2D eigenvalue weighted by molar-refractivity contribution is -0.122. The number of carbonyl (C=O) groups is 1. The van der Waals surface area contributed by atoms with Crippen molar-refractivity contribution in [2.24, 2.45) is 5.73 Å². The summed E-state index contributed by atoms with van der Waals surface area (Å²) in [6, 6.07) is 9.02. The Balaban J connectivity index is 2.42. The van der Waals surface area contributed by atoms with Crippen molar-refractivity contribution in [3.63, 3.8) is 0 Å². The van der Waals surface area contributed by atoms with E-state index in [1.807, 2.05) is 18.2 Å². The van der Waals surface area contributed by atoms with Crippen molar-refractivity contribution < 1.29 is 9.53 Å². The minimum absolute atomic E-state index is 0.00890. The molecule has 0 aliphatic heterocycles. The standard InChI is InChI=1S/C11H13N3O2/c12-4-5-14-11(15)8-16-10-3-1-2-9(6-10)7-13/h1-3,6H,5,7-8,13H2,(H,14,15). The summed E-state index contributed by atoms with van der Waals surface area (Å²) in [5, 5.41) is 10.6. The highest BCUT2D eigenvalue weighted by atomic mass is 16.5. The molecule has 1 aromatic carbocycles. The van der Waals surface area contributed by atoms with E-state index in [-0.39, 0.29) is 19.1 Å². The summed E-state index contributed by atoms with van der Waals surface area (Å²) in [5.41, 5.74) is 6.41. The third kappa shape index (κ3) is 3.98. The first-order chi connectivity index (χ1) is 7.76. The fraction of sp³-hybridized carbons (Fsp3) is 0.273. The lowest BCUT2D eigenvalue weighted by Crippen LogP contribution is -2.29. The van der Waals surface area contributed by atoms with Gasteiger partial charge in [0.05, 0.1) is 6.07 Å². The molecule has 84 valence electrons. The molecular formula is C11H13N3O2. The number of ether oxygens (including phenoxy) is 1. The smallest absolute Gasteiger partial charge is 0.258 e. The average Bonchev–Trinajstić information content (AvgIpc) is 2.34.